The Bertz CT molecular complexity index is 1300. The molecule has 0 fully saturated rings. The maximum atomic E-state index is 12.9. The number of carbonyl (C=O) groups excluding carboxylic acids is 1. The quantitative estimate of drug-likeness (QED) is 0.382. The smallest absolute Gasteiger partial charge is 0.261 e. The summed E-state index contributed by atoms with van der Waals surface area (Å²) in [5, 5.41) is 0.851. The third kappa shape index (κ3) is 5.59. The lowest BCUT2D eigenvalue weighted by Gasteiger charge is -2.21. The average Bonchev–Trinajstić information content (AvgIpc) is 2.84. The van der Waals surface area contributed by atoms with Gasteiger partial charge in [-0.25, -0.2) is 4.98 Å². The normalized spacial score (nSPS) is 10.8. The molecule has 3 aromatic carbocycles. The first kappa shape index (κ1) is 22.6. The summed E-state index contributed by atoms with van der Waals surface area (Å²) in [6.45, 7) is 3.29. The number of hydrogen-bond acceptors (Lipinski definition) is 4. The Labute approximate surface area is 197 Å². The Balaban J connectivity index is 1.40. The number of rotatable bonds is 8. The largest absolute Gasteiger partial charge is 0.489 e. The number of carbonyl (C=O) groups is 1. The Morgan fingerprint density at radius 3 is 2.52 bits per heavy atom. The van der Waals surface area contributed by atoms with Crippen LogP contribution < -0.4 is 10.3 Å². The molecule has 1 amide bonds. The molecule has 0 saturated carbocycles. The van der Waals surface area contributed by atoms with Crippen molar-refractivity contribution in [2.75, 3.05) is 6.54 Å². The Kier molecular flexibility index (Phi) is 7.05. The molecular formula is C26H24ClN3O3. The number of nitrogens with zero attached hydrogens (tertiary/aromatic N) is 3. The van der Waals surface area contributed by atoms with E-state index < -0.39 is 0 Å². The highest BCUT2D eigenvalue weighted by molar-refractivity contribution is 6.31. The van der Waals surface area contributed by atoms with Crippen LogP contribution in [0.5, 0.6) is 5.75 Å². The Morgan fingerprint density at radius 1 is 1.03 bits per heavy atom. The van der Waals surface area contributed by atoms with E-state index in [2.05, 4.69) is 4.98 Å². The third-order valence-electron chi connectivity index (χ3n) is 5.37. The van der Waals surface area contributed by atoms with Crippen LogP contribution in [0.15, 0.2) is 83.9 Å². The molecule has 1 heterocycles. The zero-order valence-electron chi connectivity index (χ0n) is 18.3. The molecule has 4 rings (SSSR count). The van der Waals surface area contributed by atoms with Gasteiger partial charge in [-0.3, -0.25) is 14.2 Å². The molecular weight excluding hydrogens is 438 g/mol. The van der Waals surface area contributed by atoms with Crippen molar-refractivity contribution in [2.24, 2.45) is 0 Å². The van der Waals surface area contributed by atoms with E-state index in [1.165, 1.54) is 10.9 Å². The molecule has 0 saturated heterocycles. The molecule has 6 nitrogen and oxygen atoms in total. The first-order chi connectivity index (χ1) is 16.0. The average molecular weight is 462 g/mol. The molecule has 0 aliphatic heterocycles. The molecule has 33 heavy (non-hydrogen) atoms. The number of halogens is 1. The lowest BCUT2D eigenvalue weighted by molar-refractivity contribution is -0.132. The van der Waals surface area contributed by atoms with Gasteiger partial charge in [0.2, 0.25) is 5.91 Å². The van der Waals surface area contributed by atoms with E-state index in [0.717, 1.165) is 16.9 Å². The molecule has 0 unspecified atom stereocenters. The molecule has 1 aromatic heterocycles. The maximum Gasteiger partial charge on any atom is 0.261 e. The van der Waals surface area contributed by atoms with Gasteiger partial charge in [0.1, 0.15) is 18.9 Å². The van der Waals surface area contributed by atoms with E-state index in [1.807, 2.05) is 61.5 Å². The van der Waals surface area contributed by atoms with Crippen molar-refractivity contribution in [1.82, 2.24) is 14.5 Å². The first-order valence-electron chi connectivity index (χ1n) is 10.7. The van der Waals surface area contributed by atoms with E-state index in [-0.39, 0.29) is 18.0 Å². The van der Waals surface area contributed by atoms with Gasteiger partial charge in [0.05, 0.1) is 17.2 Å². The SMILES string of the molecule is CCN(Cc1ccc(OCc2ccccc2)cc1)C(=O)Cn1cnc2ccc(Cl)cc2c1=O. The highest BCUT2D eigenvalue weighted by atomic mass is 35.5. The fourth-order valence-electron chi connectivity index (χ4n) is 3.52. The van der Waals surface area contributed by atoms with E-state index >= 15 is 0 Å². The van der Waals surface area contributed by atoms with Crippen LogP contribution in [0, 0.1) is 0 Å². The van der Waals surface area contributed by atoms with Gasteiger partial charge in [0.15, 0.2) is 0 Å². The third-order valence-corrected chi connectivity index (χ3v) is 5.61. The van der Waals surface area contributed by atoms with Crippen molar-refractivity contribution in [2.45, 2.75) is 26.6 Å². The summed E-state index contributed by atoms with van der Waals surface area (Å²) in [5.74, 6) is 0.608. The molecule has 0 aliphatic rings. The van der Waals surface area contributed by atoms with Crippen molar-refractivity contribution in [3.05, 3.63) is 106 Å². The molecule has 0 spiro atoms. The molecule has 0 aliphatic carbocycles. The molecule has 0 bridgehead atoms. The van der Waals surface area contributed by atoms with Crippen LogP contribution in [0.2, 0.25) is 5.02 Å². The fourth-order valence-corrected chi connectivity index (χ4v) is 3.69. The van der Waals surface area contributed by atoms with E-state index in [4.69, 9.17) is 16.3 Å². The van der Waals surface area contributed by atoms with Crippen LogP contribution in [-0.2, 0) is 24.5 Å². The maximum absolute atomic E-state index is 12.9. The van der Waals surface area contributed by atoms with E-state index in [0.29, 0.717) is 35.6 Å². The molecule has 0 N–H and O–H groups in total. The zero-order valence-corrected chi connectivity index (χ0v) is 19.0. The molecule has 4 aromatic rings. The first-order valence-corrected chi connectivity index (χ1v) is 11.1. The Hall–Kier alpha value is -3.64. The second-order valence-electron chi connectivity index (χ2n) is 7.67. The standard InChI is InChI=1S/C26H24ClN3O3/c1-2-29(15-19-8-11-22(12-9-19)33-17-20-6-4-3-5-7-20)25(31)16-30-18-28-24-13-10-21(27)14-23(24)26(30)32/h3-14,18H,2,15-17H2,1H3. The van der Waals surface area contributed by atoms with Crippen molar-refractivity contribution in [1.29, 1.82) is 0 Å². The minimum Gasteiger partial charge on any atom is -0.489 e. The monoisotopic (exact) mass is 461 g/mol. The van der Waals surface area contributed by atoms with E-state index in [1.54, 1.807) is 23.1 Å². The van der Waals surface area contributed by atoms with E-state index in [9.17, 15) is 9.59 Å². The summed E-state index contributed by atoms with van der Waals surface area (Å²) < 4.78 is 7.15. The molecule has 168 valence electrons. The summed E-state index contributed by atoms with van der Waals surface area (Å²) >= 11 is 6.01. The second-order valence-corrected chi connectivity index (χ2v) is 8.10. The van der Waals surface area contributed by atoms with Crippen LogP contribution in [0.25, 0.3) is 10.9 Å². The molecule has 7 heteroatoms. The van der Waals surface area contributed by atoms with Crippen LogP contribution in [0.3, 0.4) is 0 Å². The molecule has 0 atom stereocenters. The number of ether oxygens (including phenoxy) is 1. The van der Waals surface area contributed by atoms with Gasteiger partial charge in [-0.05, 0) is 48.4 Å². The van der Waals surface area contributed by atoms with Crippen molar-refractivity contribution in [3.8, 4) is 5.75 Å². The van der Waals surface area contributed by atoms with Crippen molar-refractivity contribution < 1.29 is 9.53 Å². The second kappa shape index (κ2) is 10.3. The fraction of sp³-hybridized carbons (Fsp3) is 0.192. The predicted octanol–water partition coefficient (Wildman–Crippen LogP) is 4.68. The van der Waals surface area contributed by atoms with Crippen LogP contribution in [0.4, 0.5) is 0 Å². The number of aromatic nitrogens is 2. The summed E-state index contributed by atoms with van der Waals surface area (Å²) in [6.07, 6.45) is 1.41. The van der Waals surface area contributed by atoms with Crippen molar-refractivity contribution in [3.63, 3.8) is 0 Å². The van der Waals surface area contributed by atoms with Gasteiger partial charge >= 0.3 is 0 Å². The highest BCUT2D eigenvalue weighted by Crippen LogP contribution is 2.16. The zero-order chi connectivity index (χ0) is 23.2. The van der Waals surface area contributed by atoms with Gasteiger partial charge in [-0.15, -0.1) is 0 Å². The van der Waals surface area contributed by atoms with Gasteiger partial charge in [0, 0.05) is 18.1 Å². The van der Waals surface area contributed by atoms with Gasteiger partial charge in [-0.1, -0.05) is 54.1 Å². The van der Waals surface area contributed by atoms with Crippen LogP contribution >= 0.6 is 11.6 Å². The van der Waals surface area contributed by atoms with Crippen LogP contribution in [0.1, 0.15) is 18.1 Å². The van der Waals surface area contributed by atoms with Crippen LogP contribution in [-0.4, -0.2) is 26.9 Å². The number of likely N-dealkylation sites (N-methyl/N-ethyl adjacent to an activating group) is 1. The number of hydrogen-bond donors (Lipinski definition) is 0. The summed E-state index contributed by atoms with van der Waals surface area (Å²) in [7, 11) is 0. The van der Waals surface area contributed by atoms with Gasteiger partial charge in [-0.2, -0.15) is 0 Å². The number of benzene rings is 3. The lowest BCUT2D eigenvalue weighted by atomic mass is 10.2. The number of amides is 1. The minimum absolute atomic E-state index is 0.0829. The molecule has 0 radical (unpaired) electrons. The Morgan fingerprint density at radius 2 is 1.79 bits per heavy atom. The van der Waals surface area contributed by atoms with Crippen molar-refractivity contribution >= 4 is 28.4 Å². The summed E-state index contributed by atoms with van der Waals surface area (Å²) in [5.41, 5.74) is 2.35. The van der Waals surface area contributed by atoms with Gasteiger partial charge < -0.3 is 9.64 Å². The summed E-state index contributed by atoms with van der Waals surface area (Å²) in [4.78, 5) is 31.7. The topological polar surface area (TPSA) is 64.4 Å². The minimum atomic E-state index is -0.285. The highest BCUT2D eigenvalue weighted by Gasteiger charge is 2.15. The predicted molar refractivity (Wildman–Crippen MR) is 129 cm³/mol. The lowest BCUT2D eigenvalue weighted by Crippen LogP contribution is -2.36. The number of fused-ring (bicyclic) bond motifs is 1. The van der Waals surface area contributed by atoms with Gasteiger partial charge in [0.25, 0.3) is 5.56 Å². The summed E-state index contributed by atoms with van der Waals surface area (Å²) in [6, 6.07) is 22.6.